The van der Waals surface area contributed by atoms with E-state index in [0.29, 0.717) is 19.0 Å². The molecule has 0 atom stereocenters. The van der Waals surface area contributed by atoms with Crippen molar-refractivity contribution in [1.29, 1.82) is 0 Å². The molecule has 0 aliphatic heterocycles. The van der Waals surface area contributed by atoms with Crippen molar-refractivity contribution in [2.75, 3.05) is 31.7 Å². The third-order valence-electron chi connectivity index (χ3n) is 2.70. The third kappa shape index (κ3) is 6.40. The van der Waals surface area contributed by atoms with E-state index in [0.717, 1.165) is 25.8 Å². The quantitative estimate of drug-likeness (QED) is 0.384. The number of rotatable bonds is 11. The van der Waals surface area contributed by atoms with Gasteiger partial charge in [-0.3, -0.25) is 10.1 Å². The number of unbranched alkanes of at least 4 members (excludes halogenated alkanes) is 1. The van der Waals surface area contributed by atoms with Crippen molar-refractivity contribution >= 4 is 11.5 Å². The van der Waals surface area contributed by atoms with Gasteiger partial charge in [0.25, 0.3) is 5.88 Å². The Bertz CT molecular complexity index is 440. The van der Waals surface area contributed by atoms with Crippen LogP contribution in [-0.4, -0.2) is 36.3 Å². The molecule has 21 heavy (non-hydrogen) atoms. The largest absolute Gasteiger partial charge is 0.470 e. The van der Waals surface area contributed by atoms with Gasteiger partial charge in [-0.25, -0.2) is 0 Å². The zero-order valence-electron chi connectivity index (χ0n) is 12.6. The molecule has 0 unspecified atom stereocenters. The Kier molecular flexibility index (Phi) is 8.11. The van der Waals surface area contributed by atoms with Crippen molar-refractivity contribution in [2.24, 2.45) is 0 Å². The molecule has 0 amide bonds. The highest BCUT2D eigenvalue weighted by Crippen LogP contribution is 2.26. The first-order valence-electron chi connectivity index (χ1n) is 7.28. The molecule has 0 saturated carbocycles. The maximum atomic E-state index is 11.0. The van der Waals surface area contributed by atoms with Crippen molar-refractivity contribution in [3.8, 4) is 5.88 Å². The fourth-order valence-corrected chi connectivity index (χ4v) is 1.58. The van der Waals surface area contributed by atoms with E-state index in [-0.39, 0.29) is 18.2 Å². The van der Waals surface area contributed by atoms with Gasteiger partial charge in [0.1, 0.15) is 12.4 Å². The van der Waals surface area contributed by atoms with Crippen molar-refractivity contribution < 1.29 is 14.4 Å². The zero-order chi connectivity index (χ0) is 15.5. The lowest BCUT2D eigenvalue weighted by Crippen LogP contribution is -2.10. The van der Waals surface area contributed by atoms with Crippen LogP contribution in [0.4, 0.5) is 11.5 Å². The van der Waals surface area contributed by atoms with Crippen LogP contribution in [0.1, 0.15) is 33.1 Å². The summed E-state index contributed by atoms with van der Waals surface area (Å²) in [5.41, 5.74) is -0.134. The minimum absolute atomic E-state index is 0.0280. The Morgan fingerprint density at radius 2 is 2.05 bits per heavy atom. The van der Waals surface area contributed by atoms with E-state index >= 15 is 0 Å². The van der Waals surface area contributed by atoms with Gasteiger partial charge in [0, 0.05) is 19.2 Å². The average Bonchev–Trinajstić information content (AvgIpc) is 2.48. The third-order valence-corrected chi connectivity index (χ3v) is 2.70. The highest BCUT2D eigenvalue weighted by atomic mass is 16.6. The summed E-state index contributed by atoms with van der Waals surface area (Å²) in [5, 5.41) is 14.0. The number of ether oxygens (including phenoxy) is 2. The Labute approximate surface area is 124 Å². The Hall–Kier alpha value is -1.89. The summed E-state index contributed by atoms with van der Waals surface area (Å²) in [5.74, 6) is 0.601. The zero-order valence-corrected chi connectivity index (χ0v) is 12.6. The minimum atomic E-state index is -0.496. The molecule has 0 bridgehead atoms. The van der Waals surface area contributed by atoms with Gasteiger partial charge in [0.15, 0.2) is 0 Å². The normalized spacial score (nSPS) is 10.4. The first-order chi connectivity index (χ1) is 10.2. The molecule has 0 saturated heterocycles. The molecule has 7 heteroatoms. The number of hydrogen-bond acceptors (Lipinski definition) is 6. The maximum absolute atomic E-state index is 11.0. The van der Waals surface area contributed by atoms with E-state index < -0.39 is 4.92 Å². The van der Waals surface area contributed by atoms with E-state index in [1.165, 1.54) is 6.07 Å². The van der Waals surface area contributed by atoms with E-state index in [2.05, 4.69) is 17.2 Å². The number of nitro groups is 1. The number of nitrogens with zero attached hydrogens (tertiary/aromatic N) is 2. The monoisotopic (exact) mass is 297 g/mol. The molecule has 0 aliphatic carbocycles. The lowest BCUT2D eigenvalue weighted by atomic mass is 10.4. The van der Waals surface area contributed by atoms with Crippen molar-refractivity contribution in [3.63, 3.8) is 0 Å². The second-order valence-corrected chi connectivity index (χ2v) is 4.52. The molecule has 1 heterocycles. The summed E-state index contributed by atoms with van der Waals surface area (Å²) in [6.45, 7) is 6.18. The van der Waals surface area contributed by atoms with Crippen LogP contribution in [0.15, 0.2) is 12.1 Å². The van der Waals surface area contributed by atoms with Crippen molar-refractivity contribution in [2.45, 2.75) is 33.1 Å². The summed E-state index contributed by atoms with van der Waals surface area (Å²) < 4.78 is 10.7. The van der Waals surface area contributed by atoms with Crippen LogP contribution >= 0.6 is 0 Å². The highest BCUT2D eigenvalue weighted by molar-refractivity contribution is 5.49. The second-order valence-electron chi connectivity index (χ2n) is 4.52. The van der Waals surface area contributed by atoms with Crippen LogP contribution in [0.25, 0.3) is 0 Å². The minimum Gasteiger partial charge on any atom is -0.470 e. The number of aromatic nitrogens is 1. The summed E-state index contributed by atoms with van der Waals surface area (Å²) >= 11 is 0. The molecule has 1 rings (SSSR count). The molecule has 0 fully saturated rings. The van der Waals surface area contributed by atoms with Crippen molar-refractivity contribution in [3.05, 3.63) is 22.2 Å². The fraction of sp³-hybridized carbons (Fsp3) is 0.643. The lowest BCUT2D eigenvalue weighted by molar-refractivity contribution is -0.386. The summed E-state index contributed by atoms with van der Waals surface area (Å²) in [4.78, 5) is 14.6. The predicted octanol–water partition coefficient (Wildman–Crippen LogP) is 3.01. The summed E-state index contributed by atoms with van der Waals surface area (Å²) in [6.07, 6.45) is 3.01. The molecule has 0 radical (unpaired) electrons. The average molecular weight is 297 g/mol. The van der Waals surface area contributed by atoms with Crippen LogP contribution < -0.4 is 10.1 Å². The van der Waals surface area contributed by atoms with E-state index in [4.69, 9.17) is 9.47 Å². The number of hydrogen-bond donors (Lipinski definition) is 1. The number of anilines is 1. The summed E-state index contributed by atoms with van der Waals surface area (Å²) in [7, 11) is 0. The molecule has 0 aromatic carbocycles. The van der Waals surface area contributed by atoms with Gasteiger partial charge in [-0.2, -0.15) is 4.98 Å². The first-order valence-corrected chi connectivity index (χ1v) is 7.28. The predicted molar refractivity (Wildman–Crippen MR) is 80.9 cm³/mol. The lowest BCUT2D eigenvalue weighted by Gasteiger charge is -2.09. The van der Waals surface area contributed by atoms with Gasteiger partial charge < -0.3 is 14.8 Å². The smallest absolute Gasteiger partial charge is 0.331 e. The van der Waals surface area contributed by atoms with Crippen LogP contribution in [0.5, 0.6) is 5.88 Å². The molecule has 118 valence electrons. The second kappa shape index (κ2) is 9.93. The van der Waals surface area contributed by atoms with Crippen LogP contribution in [-0.2, 0) is 4.74 Å². The number of pyridine rings is 1. The van der Waals surface area contributed by atoms with E-state index in [1.807, 2.05) is 6.92 Å². The van der Waals surface area contributed by atoms with Gasteiger partial charge in [-0.1, -0.05) is 20.3 Å². The molecule has 1 N–H and O–H groups in total. The maximum Gasteiger partial charge on any atom is 0.331 e. The molecular formula is C14H23N3O4. The molecule has 7 nitrogen and oxygen atoms in total. The van der Waals surface area contributed by atoms with Gasteiger partial charge in [0.05, 0.1) is 11.5 Å². The van der Waals surface area contributed by atoms with Gasteiger partial charge in [0.2, 0.25) is 0 Å². The number of nitrogens with one attached hydrogen (secondary N) is 1. The van der Waals surface area contributed by atoms with Gasteiger partial charge in [-0.15, -0.1) is 0 Å². The summed E-state index contributed by atoms with van der Waals surface area (Å²) in [6, 6.07) is 2.98. The Morgan fingerprint density at radius 1 is 1.24 bits per heavy atom. The fourth-order valence-electron chi connectivity index (χ4n) is 1.58. The van der Waals surface area contributed by atoms with Crippen LogP contribution in [0.3, 0.4) is 0 Å². The molecule has 0 aliphatic rings. The van der Waals surface area contributed by atoms with E-state index in [9.17, 15) is 10.1 Å². The highest BCUT2D eigenvalue weighted by Gasteiger charge is 2.17. The standard InChI is InChI=1S/C14H23N3O4/c1-3-5-9-20-10-11-21-14-12(17(18)19)6-7-13(16-14)15-8-4-2/h6-7H,3-5,8-11H2,1-2H3,(H,15,16). The topological polar surface area (TPSA) is 86.5 Å². The molecule has 1 aromatic heterocycles. The van der Waals surface area contributed by atoms with Crippen LogP contribution in [0, 0.1) is 10.1 Å². The SMILES string of the molecule is CCCCOCCOc1nc(NCCC)ccc1[N+](=O)[O-]. The van der Waals surface area contributed by atoms with E-state index in [1.54, 1.807) is 6.07 Å². The van der Waals surface area contributed by atoms with Gasteiger partial charge in [-0.05, 0) is 18.9 Å². The molecule has 1 aromatic rings. The van der Waals surface area contributed by atoms with Gasteiger partial charge >= 0.3 is 5.69 Å². The Balaban J connectivity index is 2.57. The molecular weight excluding hydrogens is 274 g/mol. The first kappa shape index (κ1) is 17.2. The van der Waals surface area contributed by atoms with Crippen molar-refractivity contribution in [1.82, 2.24) is 4.98 Å². The van der Waals surface area contributed by atoms with Crippen LogP contribution in [0.2, 0.25) is 0 Å². The Morgan fingerprint density at radius 3 is 2.71 bits per heavy atom. The molecule has 0 spiro atoms.